The van der Waals surface area contributed by atoms with Gasteiger partial charge in [-0.25, -0.2) is 17.6 Å². The molecule has 2 aromatic rings. The molecular formula is C17H15FN2O6S. The summed E-state index contributed by atoms with van der Waals surface area (Å²) in [6.07, 6.45) is 1.03. The first kappa shape index (κ1) is 20.0. The molecule has 0 bridgehead atoms. The average Bonchev–Trinajstić information content (AvgIpc) is 2.64. The second-order valence-electron chi connectivity index (χ2n) is 5.35. The second-order valence-corrected chi connectivity index (χ2v) is 7.37. The molecule has 0 saturated heterocycles. The van der Waals surface area contributed by atoms with Crippen LogP contribution in [0.15, 0.2) is 53.4 Å². The maximum absolute atomic E-state index is 13.4. The van der Waals surface area contributed by atoms with Gasteiger partial charge in [0, 0.05) is 6.26 Å². The van der Waals surface area contributed by atoms with Crippen LogP contribution in [0.4, 0.5) is 4.39 Å². The zero-order chi connectivity index (χ0) is 20.0. The van der Waals surface area contributed by atoms with Crippen molar-refractivity contribution < 1.29 is 31.9 Å². The Balaban J connectivity index is 1.84. The lowest BCUT2D eigenvalue weighted by Crippen LogP contribution is -2.43. The SMILES string of the molecule is CS(=O)(=O)c1ccc(C(=O)OCC(=O)NNC(=O)c2ccccc2F)cc1. The van der Waals surface area contributed by atoms with Gasteiger partial charge in [0.05, 0.1) is 16.0 Å². The molecule has 2 N–H and O–H groups in total. The Morgan fingerprint density at radius 2 is 1.63 bits per heavy atom. The Labute approximate surface area is 154 Å². The minimum atomic E-state index is -3.40. The highest BCUT2D eigenvalue weighted by Crippen LogP contribution is 2.11. The topological polar surface area (TPSA) is 119 Å². The van der Waals surface area contributed by atoms with Gasteiger partial charge in [0.1, 0.15) is 5.82 Å². The largest absolute Gasteiger partial charge is 0.452 e. The van der Waals surface area contributed by atoms with E-state index in [0.717, 1.165) is 12.3 Å². The molecule has 10 heteroatoms. The molecule has 0 radical (unpaired) electrons. The zero-order valence-electron chi connectivity index (χ0n) is 14.1. The summed E-state index contributed by atoms with van der Waals surface area (Å²) in [4.78, 5) is 35.2. The zero-order valence-corrected chi connectivity index (χ0v) is 14.9. The number of carbonyl (C=O) groups excluding carboxylic acids is 3. The highest BCUT2D eigenvalue weighted by atomic mass is 32.2. The van der Waals surface area contributed by atoms with Gasteiger partial charge in [-0.15, -0.1) is 0 Å². The molecule has 142 valence electrons. The number of hydrogen-bond acceptors (Lipinski definition) is 6. The number of benzene rings is 2. The summed E-state index contributed by atoms with van der Waals surface area (Å²) in [6, 6.07) is 10.2. The van der Waals surface area contributed by atoms with Crippen molar-refractivity contribution >= 4 is 27.6 Å². The standard InChI is InChI=1S/C17H15FN2O6S/c1-27(24,25)12-8-6-11(7-9-12)17(23)26-10-15(21)19-20-16(22)13-4-2-3-5-14(13)18/h2-9H,10H2,1H3,(H,19,21)(H,20,22). The van der Waals surface area contributed by atoms with E-state index in [0.29, 0.717) is 0 Å². The van der Waals surface area contributed by atoms with Crippen molar-refractivity contribution in [3.8, 4) is 0 Å². The van der Waals surface area contributed by atoms with Gasteiger partial charge < -0.3 is 4.74 Å². The van der Waals surface area contributed by atoms with E-state index in [2.05, 4.69) is 0 Å². The van der Waals surface area contributed by atoms with E-state index in [9.17, 15) is 27.2 Å². The highest BCUT2D eigenvalue weighted by Gasteiger charge is 2.14. The van der Waals surface area contributed by atoms with Crippen LogP contribution in [0.5, 0.6) is 0 Å². The fraction of sp³-hybridized carbons (Fsp3) is 0.118. The van der Waals surface area contributed by atoms with E-state index in [4.69, 9.17) is 4.74 Å². The predicted octanol–water partition coefficient (Wildman–Crippen LogP) is 0.847. The number of ether oxygens (including phenoxy) is 1. The fourth-order valence-corrected chi connectivity index (χ4v) is 2.56. The molecule has 0 heterocycles. The summed E-state index contributed by atoms with van der Waals surface area (Å²) in [5.74, 6) is -3.33. The third-order valence-corrected chi connectivity index (χ3v) is 4.41. The number of nitrogens with one attached hydrogen (secondary N) is 2. The number of esters is 1. The summed E-state index contributed by atoms with van der Waals surface area (Å²) in [6.45, 7) is -0.704. The molecule has 0 fully saturated rings. The van der Waals surface area contributed by atoms with E-state index in [-0.39, 0.29) is 16.0 Å². The van der Waals surface area contributed by atoms with Crippen LogP contribution >= 0.6 is 0 Å². The Kier molecular flexibility index (Phi) is 6.24. The van der Waals surface area contributed by atoms with E-state index >= 15 is 0 Å². The number of sulfone groups is 1. The molecular weight excluding hydrogens is 379 g/mol. The van der Waals surface area contributed by atoms with Crippen LogP contribution in [0, 0.1) is 5.82 Å². The second kappa shape index (κ2) is 8.41. The monoisotopic (exact) mass is 394 g/mol. The molecule has 27 heavy (non-hydrogen) atoms. The molecule has 8 nitrogen and oxygen atoms in total. The van der Waals surface area contributed by atoms with Crippen LogP contribution < -0.4 is 10.9 Å². The summed E-state index contributed by atoms with van der Waals surface area (Å²) in [5, 5.41) is 0. The van der Waals surface area contributed by atoms with Crippen molar-refractivity contribution in [1.29, 1.82) is 0 Å². The normalized spacial score (nSPS) is 10.7. The molecule has 0 unspecified atom stereocenters. The number of hydrazine groups is 1. The van der Waals surface area contributed by atoms with Gasteiger partial charge in [-0.1, -0.05) is 12.1 Å². The fourth-order valence-electron chi connectivity index (χ4n) is 1.93. The summed E-state index contributed by atoms with van der Waals surface area (Å²) < 4.78 is 40.9. The Hall–Kier alpha value is -3.27. The lowest BCUT2D eigenvalue weighted by Gasteiger charge is -2.09. The molecule has 0 aliphatic carbocycles. The van der Waals surface area contributed by atoms with Crippen molar-refractivity contribution in [3.05, 3.63) is 65.5 Å². The average molecular weight is 394 g/mol. The first-order chi connectivity index (χ1) is 12.7. The van der Waals surface area contributed by atoms with Crippen molar-refractivity contribution in [2.24, 2.45) is 0 Å². The quantitative estimate of drug-likeness (QED) is 0.573. The molecule has 0 aliphatic rings. The van der Waals surface area contributed by atoms with Crippen LogP contribution in [0.2, 0.25) is 0 Å². The van der Waals surface area contributed by atoms with Gasteiger partial charge in [0.25, 0.3) is 11.8 Å². The highest BCUT2D eigenvalue weighted by molar-refractivity contribution is 7.90. The first-order valence-corrected chi connectivity index (χ1v) is 9.38. The summed E-state index contributed by atoms with van der Waals surface area (Å²) in [7, 11) is -3.40. The van der Waals surface area contributed by atoms with Crippen molar-refractivity contribution in [3.63, 3.8) is 0 Å². The Morgan fingerprint density at radius 1 is 1.00 bits per heavy atom. The maximum atomic E-state index is 13.4. The summed E-state index contributed by atoms with van der Waals surface area (Å²) >= 11 is 0. The first-order valence-electron chi connectivity index (χ1n) is 7.49. The van der Waals surface area contributed by atoms with Gasteiger partial charge in [0.15, 0.2) is 16.4 Å². The molecule has 0 saturated carbocycles. The molecule has 2 aromatic carbocycles. The van der Waals surface area contributed by atoms with E-state index < -0.39 is 40.0 Å². The molecule has 2 amide bonds. The number of halogens is 1. The number of hydrogen-bond donors (Lipinski definition) is 2. The van der Waals surface area contributed by atoms with Crippen molar-refractivity contribution in [2.75, 3.05) is 12.9 Å². The van der Waals surface area contributed by atoms with Gasteiger partial charge in [-0.2, -0.15) is 0 Å². The third kappa shape index (κ3) is 5.61. The number of rotatable bonds is 5. The minimum Gasteiger partial charge on any atom is -0.452 e. The van der Waals surface area contributed by atoms with Gasteiger partial charge in [-0.05, 0) is 36.4 Å². The summed E-state index contributed by atoms with van der Waals surface area (Å²) in [5.41, 5.74) is 3.76. The van der Waals surface area contributed by atoms with Crippen LogP contribution in [0.25, 0.3) is 0 Å². The van der Waals surface area contributed by atoms with E-state index in [1.54, 1.807) is 0 Å². The van der Waals surface area contributed by atoms with Gasteiger partial charge in [0.2, 0.25) is 0 Å². The number of carbonyl (C=O) groups is 3. The molecule has 0 spiro atoms. The van der Waals surface area contributed by atoms with Crippen LogP contribution in [-0.4, -0.2) is 39.1 Å². The van der Waals surface area contributed by atoms with Crippen molar-refractivity contribution in [2.45, 2.75) is 4.90 Å². The number of amides is 2. The van der Waals surface area contributed by atoms with Gasteiger partial charge >= 0.3 is 5.97 Å². The minimum absolute atomic E-state index is 0.0349. The Bertz CT molecular complexity index is 973. The lowest BCUT2D eigenvalue weighted by molar-refractivity contribution is -0.125. The van der Waals surface area contributed by atoms with Crippen LogP contribution in [0.1, 0.15) is 20.7 Å². The molecule has 0 aliphatic heterocycles. The smallest absolute Gasteiger partial charge is 0.338 e. The lowest BCUT2D eigenvalue weighted by atomic mass is 10.2. The molecule has 0 aromatic heterocycles. The maximum Gasteiger partial charge on any atom is 0.338 e. The Morgan fingerprint density at radius 3 is 2.22 bits per heavy atom. The molecule has 2 rings (SSSR count). The van der Waals surface area contributed by atoms with Crippen LogP contribution in [0.3, 0.4) is 0 Å². The van der Waals surface area contributed by atoms with E-state index in [1.165, 1.54) is 42.5 Å². The van der Waals surface area contributed by atoms with Gasteiger partial charge in [-0.3, -0.25) is 20.4 Å². The van der Waals surface area contributed by atoms with E-state index in [1.807, 2.05) is 10.9 Å². The predicted molar refractivity (Wildman–Crippen MR) is 91.8 cm³/mol. The third-order valence-electron chi connectivity index (χ3n) is 3.29. The van der Waals surface area contributed by atoms with Crippen LogP contribution in [-0.2, 0) is 19.4 Å². The molecule has 0 atom stereocenters. The van der Waals surface area contributed by atoms with Crippen molar-refractivity contribution in [1.82, 2.24) is 10.9 Å².